The van der Waals surface area contributed by atoms with Crippen molar-refractivity contribution in [1.29, 1.82) is 0 Å². The van der Waals surface area contributed by atoms with Crippen LogP contribution in [-0.2, 0) is 14.2 Å². The van der Waals surface area contributed by atoms with Crippen LogP contribution in [0.1, 0.15) is 25.7 Å². The van der Waals surface area contributed by atoms with Gasteiger partial charge in [0.05, 0.1) is 18.8 Å². The molecule has 2 fully saturated rings. The van der Waals surface area contributed by atoms with Gasteiger partial charge in [-0.2, -0.15) is 0 Å². The first kappa shape index (κ1) is 15.3. The smallest absolute Gasteiger partial charge is 0.184 e. The van der Waals surface area contributed by atoms with E-state index < -0.39 is 6.10 Å². The van der Waals surface area contributed by atoms with E-state index in [0.717, 1.165) is 11.3 Å². The molecule has 0 spiro atoms. The SMILES string of the molecule is CCS[C@H]1OC2COC(c3ccccc3)O[C@H]2[C@H](C)C1O. The molecule has 116 valence electrons. The molecule has 6 atom stereocenters. The summed E-state index contributed by atoms with van der Waals surface area (Å²) in [5.74, 6) is 0.947. The molecule has 2 aliphatic rings. The van der Waals surface area contributed by atoms with Gasteiger partial charge in [0.1, 0.15) is 11.5 Å². The minimum atomic E-state index is -0.509. The highest BCUT2D eigenvalue weighted by atomic mass is 32.2. The van der Waals surface area contributed by atoms with Gasteiger partial charge in [-0.05, 0) is 5.75 Å². The van der Waals surface area contributed by atoms with Gasteiger partial charge in [-0.3, -0.25) is 0 Å². The molecule has 3 rings (SSSR count). The fraction of sp³-hybridized carbons (Fsp3) is 0.625. The van der Waals surface area contributed by atoms with Crippen molar-refractivity contribution < 1.29 is 19.3 Å². The van der Waals surface area contributed by atoms with Crippen molar-refractivity contribution in [3.05, 3.63) is 35.9 Å². The van der Waals surface area contributed by atoms with Crippen LogP contribution in [0.5, 0.6) is 0 Å². The maximum atomic E-state index is 10.4. The van der Waals surface area contributed by atoms with Gasteiger partial charge < -0.3 is 19.3 Å². The number of aliphatic hydroxyl groups excluding tert-OH is 1. The largest absolute Gasteiger partial charge is 0.389 e. The van der Waals surface area contributed by atoms with E-state index in [-0.39, 0.29) is 29.9 Å². The van der Waals surface area contributed by atoms with Crippen LogP contribution in [0.25, 0.3) is 0 Å². The molecule has 1 aromatic carbocycles. The highest BCUT2D eigenvalue weighted by molar-refractivity contribution is 7.99. The molecule has 0 aliphatic carbocycles. The summed E-state index contributed by atoms with van der Waals surface area (Å²) in [6.45, 7) is 4.60. The summed E-state index contributed by atoms with van der Waals surface area (Å²) in [6.07, 6.45) is -1.12. The predicted molar refractivity (Wildman–Crippen MR) is 82.0 cm³/mol. The van der Waals surface area contributed by atoms with Crippen molar-refractivity contribution in [2.45, 2.75) is 43.9 Å². The van der Waals surface area contributed by atoms with Crippen LogP contribution >= 0.6 is 11.8 Å². The number of hydrogen-bond donors (Lipinski definition) is 1. The zero-order valence-electron chi connectivity index (χ0n) is 12.3. The van der Waals surface area contributed by atoms with Gasteiger partial charge in [0.15, 0.2) is 6.29 Å². The normalized spacial score (nSPS) is 39.8. The Hall–Kier alpha value is -0.590. The molecule has 0 bridgehead atoms. The molecule has 0 saturated carbocycles. The van der Waals surface area contributed by atoms with Crippen molar-refractivity contribution in [2.75, 3.05) is 12.4 Å². The third kappa shape index (κ3) is 3.12. The molecule has 1 aromatic rings. The number of thioether (sulfide) groups is 1. The van der Waals surface area contributed by atoms with Crippen LogP contribution in [0, 0.1) is 5.92 Å². The highest BCUT2D eigenvalue weighted by Crippen LogP contribution is 2.39. The fourth-order valence-electron chi connectivity index (χ4n) is 2.91. The number of ether oxygens (including phenoxy) is 3. The third-order valence-corrected chi connectivity index (χ3v) is 5.16. The summed E-state index contributed by atoms with van der Waals surface area (Å²) in [5, 5.41) is 10.4. The van der Waals surface area contributed by atoms with E-state index in [0.29, 0.717) is 6.61 Å². The van der Waals surface area contributed by atoms with Crippen LogP contribution in [-0.4, -0.2) is 41.2 Å². The Morgan fingerprint density at radius 3 is 2.71 bits per heavy atom. The first-order valence-corrected chi connectivity index (χ1v) is 8.52. The van der Waals surface area contributed by atoms with Crippen molar-refractivity contribution in [3.8, 4) is 0 Å². The van der Waals surface area contributed by atoms with Crippen molar-refractivity contribution in [1.82, 2.24) is 0 Å². The van der Waals surface area contributed by atoms with Crippen LogP contribution in [0.4, 0.5) is 0 Å². The predicted octanol–water partition coefficient (Wildman–Crippen LogP) is 2.58. The van der Waals surface area contributed by atoms with E-state index in [1.54, 1.807) is 11.8 Å². The monoisotopic (exact) mass is 310 g/mol. The average molecular weight is 310 g/mol. The maximum absolute atomic E-state index is 10.4. The Labute approximate surface area is 129 Å². The van der Waals surface area contributed by atoms with E-state index in [1.807, 2.05) is 37.3 Å². The molecule has 2 saturated heterocycles. The summed E-state index contributed by atoms with van der Waals surface area (Å²) in [5.41, 5.74) is 0.814. The topological polar surface area (TPSA) is 47.9 Å². The Balaban J connectivity index is 1.71. The zero-order chi connectivity index (χ0) is 14.8. The molecule has 0 aromatic heterocycles. The van der Waals surface area contributed by atoms with Gasteiger partial charge >= 0.3 is 0 Å². The Kier molecular flexibility index (Phi) is 4.86. The van der Waals surface area contributed by atoms with Gasteiger partial charge in [0.25, 0.3) is 0 Å². The van der Waals surface area contributed by atoms with Gasteiger partial charge in [0, 0.05) is 11.5 Å². The lowest BCUT2D eigenvalue weighted by Gasteiger charge is -2.47. The van der Waals surface area contributed by atoms with E-state index >= 15 is 0 Å². The van der Waals surface area contributed by atoms with Crippen LogP contribution < -0.4 is 0 Å². The van der Waals surface area contributed by atoms with Gasteiger partial charge in [0.2, 0.25) is 0 Å². The van der Waals surface area contributed by atoms with Crippen LogP contribution in [0.15, 0.2) is 30.3 Å². The lowest BCUT2D eigenvalue weighted by Crippen LogP contribution is -2.57. The lowest BCUT2D eigenvalue weighted by atomic mass is 9.91. The maximum Gasteiger partial charge on any atom is 0.184 e. The second-order valence-electron chi connectivity index (χ2n) is 5.52. The minimum absolute atomic E-state index is 0.0305. The fourth-order valence-corrected chi connectivity index (χ4v) is 3.90. The van der Waals surface area contributed by atoms with E-state index in [1.165, 1.54) is 0 Å². The summed E-state index contributed by atoms with van der Waals surface area (Å²) >= 11 is 1.63. The molecular weight excluding hydrogens is 288 g/mol. The molecule has 4 nitrogen and oxygen atoms in total. The standard InChI is InChI=1S/C16H22O4S/c1-3-21-16-13(17)10(2)14-12(19-16)9-18-15(20-14)11-7-5-4-6-8-11/h4-8,10,12-17H,3,9H2,1-2H3/t10-,12?,13?,14+,15?,16-/m1/s1. The Bertz CT molecular complexity index is 453. The van der Waals surface area contributed by atoms with Crippen molar-refractivity contribution >= 4 is 11.8 Å². The minimum Gasteiger partial charge on any atom is -0.389 e. The number of benzene rings is 1. The van der Waals surface area contributed by atoms with E-state index in [4.69, 9.17) is 14.2 Å². The summed E-state index contributed by atoms with van der Waals surface area (Å²) in [7, 11) is 0. The Morgan fingerprint density at radius 1 is 1.24 bits per heavy atom. The second-order valence-corrected chi connectivity index (χ2v) is 6.90. The molecule has 5 heteroatoms. The van der Waals surface area contributed by atoms with E-state index in [2.05, 4.69) is 6.92 Å². The van der Waals surface area contributed by atoms with Gasteiger partial charge in [-0.25, -0.2) is 0 Å². The number of hydrogen-bond acceptors (Lipinski definition) is 5. The molecule has 21 heavy (non-hydrogen) atoms. The molecule has 1 N–H and O–H groups in total. The number of rotatable bonds is 3. The molecule has 2 heterocycles. The second kappa shape index (κ2) is 6.67. The number of aliphatic hydroxyl groups is 1. The quantitative estimate of drug-likeness (QED) is 0.930. The average Bonchev–Trinajstić information content (AvgIpc) is 2.53. The summed E-state index contributed by atoms with van der Waals surface area (Å²) in [6, 6.07) is 9.89. The molecule has 0 radical (unpaired) electrons. The summed E-state index contributed by atoms with van der Waals surface area (Å²) < 4.78 is 17.8. The molecular formula is C16H22O4S. The van der Waals surface area contributed by atoms with Gasteiger partial charge in [-0.15, -0.1) is 11.8 Å². The van der Waals surface area contributed by atoms with Gasteiger partial charge in [-0.1, -0.05) is 44.2 Å². The Morgan fingerprint density at radius 2 is 2.00 bits per heavy atom. The number of fused-ring (bicyclic) bond motifs is 1. The first-order valence-electron chi connectivity index (χ1n) is 7.48. The molecule has 0 amide bonds. The first-order chi connectivity index (χ1) is 10.2. The molecule has 2 aliphatic heterocycles. The van der Waals surface area contributed by atoms with Crippen molar-refractivity contribution in [3.63, 3.8) is 0 Å². The zero-order valence-corrected chi connectivity index (χ0v) is 13.2. The lowest BCUT2D eigenvalue weighted by molar-refractivity contribution is -0.307. The molecule has 3 unspecified atom stereocenters. The third-order valence-electron chi connectivity index (χ3n) is 4.11. The van der Waals surface area contributed by atoms with Crippen LogP contribution in [0.3, 0.4) is 0 Å². The van der Waals surface area contributed by atoms with Crippen LogP contribution in [0.2, 0.25) is 0 Å². The summed E-state index contributed by atoms with van der Waals surface area (Å²) in [4.78, 5) is 0. The highest BCUT2D eigenvalue weighted by Gasteiger charge is 2.47. The van der Waals surface area contributed by atoms with Crippen molar-refractivity contribution in [2.24, 2.45) is 5.92 Å². The van der Waals surface area contributed by atoms with E-state index in [9.17, 15) is 5.11 Å².